The Labute approximate surface area is 116 Å². The number of aromatic nitrogens is 1. The zero-order valence-electron chi connectivity index (χ0n) is 12.2. The highest BCUT2D eigenvalue weighted by Crippen LogP contribution is 2.35. The molecule has 2 rings (SSSR count). The molecule has 1 aromatic heterocycles. The summed E-state index contributed by atoms with van der Waals surface area (Å²) in [7, 11) is 1.61. The minimum atomic E-state index is -0.250. The van der Waals surface area contributed by atoms with E-state index in [1.165, 1.54) is 6.42 Å². The number of pyridine rings is 1. The van der Waals surface area contributed by atoms with Crippen molar-refractivity contribution in [3.05, 3.63) is 23.9 Å². The van der Waals surface area contributed by atoms with Crippen LogP contribution < -0.4 is 4.74 Å². The third kappa shape index (κ3) is 3.93. The molecular weight excluding hydrogens is 238 g/mol. The van der Waals surface area contributed by atoms with Crippen molar-refractivity contribution < 1.29 is 9.84 Å². The second-order valence-electron chi connectivity index (χ2n) is 6.16. The Kier molecular flexibility index (Phi) is 4.81. The number of methoxy groups -OCH3 is 1. The number of hydrogen-bond donors (Lipinski definition) is 1. The molecule has 3 heteroatoms. The van der Waals surface area contributed by atoms with Gasteiger partial charge >= 0.3 is 0 Å². The topological polar surface area (TPSA) is 42.4 Å². The minimum absolute atomic E-state index is 0.250. The van der Waals surface area contributed by atoms with Gasteiger partial charge in [-0.15, -0.1) is 0 Å². The average molecular weight is 263 g/mol. The molecule has 1 heterocycles. The van der Waals surface area contributed by atoms with E-state index in [4.69, 9.17) is 4.74 Å². The van der Waals surface area contributed by atoms with E-state index in [0.29, 0.717) is 18.2 Å². The second-order valence-corrected chi connectivity index (χ2v) is 6.16. The monoisotopic (exact) mass is 263 g/mol. The van der Waals surface area contributed by atoms with Crippen molar-refractivity contribution in [1.82, 2.24) is 4.98 Å². The van der Waals surface area contributed by atoms with Crippen molar-refractivity contribution in [3.8, 4) is 5.88 Å². The van der Waals surface area contributed by atoms with E-state index in [1.54, 1.807) is 13.3 Å². The number of ether oxygens (including phenoxy) is 1. The molecule has 0 saturated heterocycles. The van der Waals surface area contributed by atoms with E-state index < -0.39 is 0 Å². The van der Waals surface area contributed by atoms with Crippen LogP contribution in [0.25, 0.3) is 0 Å². The molecule has 0 aromatic carbocycles. The first-order valence-corrected chi connectivity index (χ1v) is 7.25. The normalized spacial score (nSPS) is 28.9. The summed E-state index contributed by atoms with van der Waals surface area (Å²) >= 11 is 0. The lowest BCUT2D eigenvalue weighted by molar-refractivity contribution is 0.0560. The first kappa shape index (κ1) is 14.3. The highest BCUT2D eigenvalue weighted by Gasteiger charge is 2.28. The number of nitrogens with zero attached hydrogens (tertiary/aromatic N) is 1. The van der Waals surface area contributed by atoms with Gasteiger partial charge in [0.2, 0.25) is 5.88 Å². The summed E-state index contributed by atoms with van der Waals surface area (Å²) in [5, 5.41) is 10.4. The Balaban J connectivity index is 1.93. The van der Waals surface area contributed by atoms with E-state index in [-0.39, 0.29) is 6.10 Å². The zero-order chi connectivity index (χ0) is 13.8. The van der Waals surface area contributed by atoms with Crippen LogP contribution in [0, 0.1) is 17.8 Å². The Morgan fingerprint density at radius 3 is 2.47 bits per heavy atom. The Bertz CT molecular complexity index is 380. The molecule has 1 fully saturated rings. The molecule has 19 heavy (non-hydrogen) atoms. The van der Waals surface area contributed by atoms with Gasteiger partial charge in [-0.3, -0.25) is 0 Å². The highest BCUT2D eigenvalue weighted by atomic mass is 16.5. The molecule has 3 nitrogen and oxygen atoms in total. The summed E-state index contributed by atoms with van der Waals surface area (Å²) in [5.74, 6) is 2.52. The molecule has 3 unspecified atom stereocenters. The molecule has 1 saturated carbocycles. The summed E-state index contributed by atoms with van der Waals surface area (Å²) in [4.78, 5) is 4.19. The quantitative estimate of drug-likeness (QED) is 0.907. The van der Waals surface area contributed by atoms with Gasteiger partial charge < -0.3 is 9.84 Å². The number of aliphatic hydroxyl groups excluding tert-OH is 1. The van der Waals surface area contributed by atoms with Crippen LogP contribution in [0.3, 0.4) is 0 Å². The van der Waals surface area contributed by atoms with Gasteiger partial charge in [-0.25, -0.2) is 4.98 Å². The van der Waals surface area contributed by atoms with Crippen LogP contribution in [-0.2, 0) is 6.42 Å². The van der Waals surface area contributed by atoms with Gasteiger partial charge in [-0.2, -0.15) is 0 Å². The van der Waals surface area contributed by atoms with Crippen molar-refractivity contribution in [1.29, 1.82) is 0 Å². The van der Waals surface area contributed by atoms with Crippen LogP contribution >= 0.6 is 0 Å². The molecule has 0 spiro atoms. The average Bonchev–Trinajstić information content (AvgIpc) is 2.38. The van der Waals surface area contributed by atoms with E-state index in [2.05, 4.69) is 18.8 Å². The molecule has 1 aliphatic rings. The minimum Gasteiger partial charge on any atom is -0.481 e. The molecule has 0 aliphatic heterocycles. The van der Waals surface area contributed by atoms with Gasteiger partial charge in [0.25, 0.3) is 0 Å². The summed E-state index contributed by atoms with van der Waals surface area (Å²) < 4.78 is 5.04. The second kappa shape index (κ2) is 6.38. The SMILES string of the molecule is COc1ccc(CC(O)C2CC(C)CC(C)C2)cn1. The number of rotatable bonds is 4. The first-order chi connectivity index (χ1) is 9.08. The standard InChI is InChI=1S/C16H25NO2/c1-11-6-12(2)8-14(7-11)15(18)9-13-4-5-16(19-3)17-10-13/h4-5,10-12,14-15,18H,6-9H2,1-3H3. The first-order valence-electron chi connectivity index (χ1n) is 7.25. The van der Waals surface area contributed by atoms with Crippen LogP contribution in [0.15, 0.2) is 18.3 Å². The Morgan fingerprint density at radius 1 is 1.26 bits per heavy atom. The molecule has 106 valence electrons. The lowest BCUT2D eigenvalue weighted by atomic mass is 9.73. The van der Waals surface area contributed by atoms with Crippen LogP contribution in [-0.4, -0.2) is 23.3 Å². The maximum atomic E-state index is 10.4. The predicted molar refractivity (Wildman–Crippen MR) is 76.2 cm³/mol. The lowest BCUT2D eigenvalue weighted by Gasteiger charge is -2.34. The van der Waals surface area contributed by atoms with Crippen molar-refractivity contribution in [2.45, 2.75) is 45.6 Å². The van der Waals surface area contributed by atoms with E-state index >= 15 is 0 Å². The van der Waals surface area contributed by atoms with Crippen LogP contribution in [0.1, 0.15) is 38.7 Å². The molecule has 1 N–H and O–H groups in total. The van der Waals surface area contributed by atoms with Gasteiger partial charge in [0.15, 0.2) is 0 Å². The largest absolute Gasteiger partial charge is 0.481 e. The highest BCUT2D eigenvalue weighted by molar-refractivity contribution is 5.18. The van der Waals surface area contributed by atoms with Crippen molar-refractivity contribution >= 4 is 0 Å². The lowest BCUT2D eigenvalue weighted by Crippen LogP contribution is -2.30. The van der Waals surface area contributed by atoms with Gasteiger partial charge in [0, 0.05) is 18.7 Å². The summed E-state index contributed by atoms with van der Waals surface area (Å²) in [6, 6.07) is 3.85. The fourth-order valence-electron chi connectivity index (χ4n) is 3.38. The van der Waals surface area contributed by atoms with Gasteiger partial charge in [0.05, 0.1) is 13.2 Å². The zero-order valence-corrected chi connectivity index (χ0v) is 12.2. The maximum absolute atomic E-state index is 10.4. The van der Waals surface area contributed by atoms with E-state index in [9.17, 15) is 5.11 Å². The van der Waals surface area contributed by atoms with Gasteiger partial charge in [-0.05, 0) is 42.6 Å². The molecule has 0 radical (unpaired) electrons. The van der Waals surface area contributed by atoms with Gasteiger partial charge in [-0.1, -0.05) is 19.9 Å². The third-order valence-electron chi connectivity index (χ3n) is 4.21. The molecule has 3 atom stereocenters. The molecular formula is C16H25NO2. The summed E-state index contributed by atoms with van der Waals surface area (Å²) in [6.45, 7) is 4.59. The third-order valence-corrected chi connectivity index (χ3v) is 4.21. The van der Waals surface area contributed by atoms with E-state index in [0.717, 1.165) is 30.2 Å². The fourth-order valence-corrected chi connectivity index (χ4v) is 3.38. The van der Waals surface area contributed by atoms with Gasteiger partial charge in [0.1, 0.15) is 0 Å². The Hall–Kier alpha value is -1.09. The number of aliphatic hydroxyl groups is 1. The van der Waals surface area contributed by atoms with Crippen LogP contribution in [0.5, 0.6) is 5.88 Å². The molecule has 0 bridgehead atoms. The van der Waals surface area contributed by atoms with Crippen LogP contribution in [0.4, 0.5) is 0 Å². The number of hydrogen-bond acceptors (Lipinski definition) is 3. The summed E-state index contributed by atoms with van der Waals surface area (Å²) in [6.07, 6.45) is 5.84. The van der Waals surface area contributed by atoms with Crippen molar-refractivity contribution in [2.24, 2.45) is 17.8 Å². The molecule has 0 amide bonds. The van der Waals surface area contributed by atoms with Crippen molar-refractivity contribution in [3.63, 3.8) is 0 Å². The van der Waals surface area contributed by atoms with Crippen molar-refractivity contribution in [2.75, 3.05) is 7.11 Å². The molecule has 1 aliphatic carbocycles. The van der Waals surface area contributed by atoms with Crippen LogP contribution in [0.2, 0.25) is 0 Å². The summed E-state index contributed by atoms with van der Waals surface area (Å²) in [5.41, 5.74) is 1.08. The smallest absolute Gasteiger partial charge is 0.212 e. The predicted octanol–water partition coefficient (Wildman–Crippen LogP) is 3.07. The maximum Gasteiger partial charge on any atom is 0.212 e. The fraction of sp³-hybridized carbons (Fsp3) is 0.688. The Morgan fingerprint density at radius 2 is 1.95 bits per heavy atom. The molecule has 1 aromatic rings. The van der Waals surface area contributed by atoms with E-state index in [1.807, 2.05) is 12.1 Å².